The number of hydrogen-bond donors (Lipinski definition) is 1. The standard InChI is InChI=1S/C15H24O2/c1-5-6-7-8-14(16)13-9-11(2)15(17-4)12(3)10-13/h9-10,14,16H,5-8H2,1-4H3. The zero-order valence-electron chi connectivity index (χ0n) is 11.4. The number of aliphatic hydroxyl groups excluding tert-OH is 1. The second kappa shape index (κ2) is 6.65. The molecule has 1 atom stereocenters. The highest BCUT2D eigenvalue weighted by Crippen LogP contribution is 2.29. The molecule has 0 amide bonds. The Balaban J connectivity index is 2.77. The lowest BCUT2D eigenvalue weighted by Crippen LogP contribution is -2.00. The number of methoxy groups -OCH3 is 1. The summed E-state index contributed by atoms with van der Waals surface area (Å²) in [6.45, 7) is 6.22. The minimum absolute atomic E-state index is 0.343. The van der Waals surface area contributed by atoms with Crippen LogP contribution in [-0.2, 0) is 0 Å². The average Bonchev–Trinajstić information content (AvgIpc) is 2.28. The highest BCUT2D eigenvalue weighted by atomic mass is 16.5. The number of ether oxygens (including phenoxy) is 1. The summed E-state index contributed by atoms with van der Waals surface area (Å²) in [7, 11) is 1.69. The van der Waals surface area contributed by atoms with E-state index in [2.05, 4.69) is 6.92 Å². The van der Waals surface area contributed by atoms with Gasteiger partial charge in [-0.1, -0.05) is 26.2 Å². The first-order valence-electron chi connectivity index (χ1n) is 6.43. The fourth-order valence-corrected chi connectivity index (χ4v) is 2.25. The topological polar surface area (TPSA) is 29.5 Å². The van der Waals surface area contributed by atoms with Crippen molar-refractivity contribution in [2.75, 3.05) is 7.11 Å². The largest absolute Gasteiger partial charge is 0.496 e. The van der Waals surface area contributed by atoms with Gasteiger partial charge >= 0.3 is 0 Å². The molecule has 0 radical (unpaired) electrons. The van der Waals surface area contributed by atoms with E-state index in [9.17, 15) is 5.11 Å². The second-order valence-electron chi connectivity index (χ2n) is 4.70. The highest BCUT2D eigenvalue weighted by molar-refractivity contribution is 5.43. The molecule has 0 aliphatic rings. The molecular formula is C15H24O2. The van der Waals surface area contributed by atoms with Gasteiger partial charge in [0.25, 0.3) is 0 Å². The Morgan fingerprint density at radius 1 is 1.18 bits per heavy atom. The fourth-order valence-electron chi connectivity index (χ4n) is 2.25. The highest BCUT2D eigenvalue weighted by Gasteiger charge is 2.11. The first-order chi connectivity index (χ1) is 8.10. The molecule has 2 heteroatoms. The summed E-state index contributed by atoms with van der Waals surface area (Å²) >= 11 is 0. The van der Waals surface area contributed by atoms with Gasteiger partial charge < -0.3 is 9.84 Å². The zero-order valence-corrected chi connectivity index (χ0v) is 11.4. The third kappa shape index (κ3) is 3.74. The molecule has 17 heavy (non-hydrogen) atoms. The Morgan fingerprint density at radius 3 is 2.24 bits per heavy atom. The number of unbranched alkanes of at least 4 members (excludes halogenated alkanes) is 2. The lowest BCUT2D eigenvalue weighted by molar-refractivity contribution is 0.163. The zero-order chi connectivity index (χ0) is 12.8. The molecule has 1 rings (SSSR count). The third-order valence-corrected chi connectivity index (χ3v) is 3.15. The molecule has 0 saturated carbocycles. The summed E-state index contributed by atoms with van der Waals surface area (Å²) < 4.78 is 5.33. The third-order valence-electron chi connectivity index (χ3n) is 3.15. The van der Waals surface area contributed by atoms with E-state index in [1.54, 1.807) is 7.11 Å². The van der Waals surface area contributed by atoms with Crippen LogP contribution in [0.15, 0.2) is 12.1 Å². The molecule has 0 heterocycles. The van der Waals surface area contributed by atoms with E-state index in [0.717, 1.165) is 35.3 Å². The van der Waals surface area contributed by atoms with Gasteiger partial charge in [-0.3, -0.25) is 0 Å². The fraction of sp³-hybridized carbons (Fsp3) is 0.600. The molecule has 0 aliphatic heterocycles. The maximum atomic E-state index is 10.1. The van der Waals surface area contributed by atoms with Gasteiger partial charge in [-0.25, -0.2) is 0 Å². The minimum Gasteiger partial charge on any atom is -0.496 e. The van der Waals surface area contributed by atoms with Crippen molar-refractivity contribution in [3.8, 4) is 5.75 Å². The molecule has 0 aliphatic carbocycles. The molecule has 0 bridgehead atoms. The van der Waals surface area contributed by atoms with Crippen molar-refractivity contribution in [3.05, 3.63) is 28.8 Å². The van der Waals surface area contributed by atoms with Crippen LogP contribution in [0, 0.1) is 13.8 Å². The lowest BCUT2D eigenvalue weighted by Gasteiger charge is -2.15. The van der Waals surface area contributed by atoms with Crippen LogP contribution >= 0.6 is 0 Å². The lowest BCUT2D eigenvalue weighted by atomic mass is 9.98. The Morgan fingerprint density at radius 2 is 1.76 bits per heavy atom. The van der Waals surface area contributed by atoms with Crippen LogP contribution in [-0.4, -0.2) is 12.2 Å². The summed E-state index contributed by atoms with van der Waals surface area (Å²) in [5.41, 5.74) is 3.20. The summed E-state index contributed by atoms with van der Waals surface area (Å²) in [6, 6.07) is 4.06. The summed E-state index contributed by atoms with van der Waals surface area (Å²) in [6.07, 6.45) is 3.96. The molecule has 0 aromatic heterocycles. The molecule has 1 N–H and O–H groups in total. The maximum Gasteiger partial charge on any atom is 0.124 e. The Bertz CT molecular complexity index is 335. The Labute approximate surface area is 105 Å². The Kier molecular flexibility index (Phi) is 5.49. The van der Waals surface area contributed by atoms with Gasteiger partial charge in [0.05, 0.1) is 13.2 Å². The smallest absolute Gasteiger partial charge is 0.124 e. The monoisotopic (exact) mass is 236 g/mol. The number of rotatable bonds is 6. The molecule has 2 nitrogen and oxygen atoms in total. The van der Waals surface area contributed by atoms with Crippen molar-refractivity contribution in [3.63, 3.8) is 0 Å². The maximum absolute atomic E-state index is 10.1. The van der Waals surface area contributed by atoms with E-state index in [0.29, 0.717) is 0 Å². The van der Waals surface area contributed by atoms with E-state index in [1.807, 2.05) is 26.0 Å². The molecule has 1 unspecified atom stereocenters. The normalized spacial score (nSPS) is 12.5. The predicted octanol–water partition coefficient (Wildman–Crippen LogP) is 3.93. The average molecular weight is 236 g/mol. The van der Waals surface area contributed by atoms with Crippen LogP contribution in [0.5, 0.6) is 5.75 Å². The van der Waals surface area contributed by atoms with Gasteiger partial charge in [-0.2, -0.15) is 0 Å². The SMILES string of the molecule is CCCCCC(O)c1cc(C)c(OC)c(C)c1. The van der Waals surface area contributed by atoms with Gasteiger partial charge in [0.15, 0.2) is 0 Å². The quantitative estimate of drug-likeness (QED) is 0.758. The van der Waals surface area contributed by atoms with Gasteiger partial charge in [-0.15, -0.1) is 0 Å². The summed E-state index contributed by atoms with van der Waals surface area (Å²) in [5, 5.41) is 10.1. The molecule has 1 aromatic carbocycles. The molecular weight excluding hydrogens is 212 g/mol. The van der Waals surface area contributed by atoms with E-state index in [4.69, 9.17) is 4.74 Å². The molecule has 0 saturated heterocycles. The van der Waals surface area contributed by atoms with Gasteiger partial charge in [0, 0.05) is 0 Å². The van der Waals surface area contributed by atoms with Crippen LogP contribution in [0.3, 0.4) is 0 Å². The number of benzene rings is 1. The van der Waals surface area contributed by atoms with Crippen molar-refractivity contribution >= 4 is 0 Å². The van der Waals surface area contributed by atoms with Gasteiger partial charge in [0.1, 0.15) is 5.75 Å². The van der Waals surface area contributed by atoms with Crippen LogP contribution in [0.4, 0.5) is 0 Å². The van der Waals surface area contributed by atoms with Crippen LogP contribution in [0.25, 0.3) is 0 Å². The number of aliphatic hydroxyl groups is 1. The van der Waals surface area contributed by atoms with E-state index in [-0.39, 0.29) is 6.10 Å². The van der Waals surface area contributed by atoms with Crippen molar-refractivity contribution in [1.82, 2.24) is 0 Å². The molecule has 0 fully saturated rings. The van der Waals surface area contributed by atoms with E-state index < -0.39 is 0 Å². The van der Waals surface area contributed by atoms with E-state index >= 15 is 0 Å². The summed E-state index contributed by atoms with van der Waals surface area (Å²) in [5.74, 6) is 0.925. The summed E-state index contributed by atoms with van der Waals surface area (Å²) in [4.78, 5) is 0. The van der Waals surface area contributed by atoms with Crippen LogP contribution in [0.1, 0.15) is 55.4 Å². The second-order valence-corrected chi connectivity index (χ2v) is 4.70. The Hall–Kier alpha value is -1.02. The number of aryl methyl sites for hydroxylation is 2. The van der Waals surface area contributed by atoms with Crippen molar-refractivity contribution in [2.45, 2.75) is 52.6 Å². The first kappa shape index (κ1) is 14.0. The number of hydrogen-bond acceptors (Lipinski definition) is 2. The van der Waals surface area contributed by atoms with Gasteiger partial charge in [0.2, 0.25) is 0 Å². The predicted molar refractivity (Wildman–Crippen MR) is 71.6 cm³/mol. The van der Waals surface area contributed by atoms with Crippen LogP contribution < -0.4 is 4.74 Å². The molecule has 96 valence electrons. The van der Waals surface area contributed by atoms with Crippen LogP contribution in [0.2, 0.25) is 0 Å². The van der Waals surface area contributed by atoms with Crippen molar-refractivity contribution in [1.29, 1.82) is 0 Å². The van der Waals surface area contributed by atoms with Crippen molar-refractivity contribution in [2.24, 2.45) is 0 Å². The minimum atomic E-state index is -0.343. The molecule has 1 aromatic rings. The van der Waals surface area contributed by atoms with Gasteiger partial charge in [-0.05, 0) is 49.1 Å². The van der Waals surface area contributed by atoms with E-state index in [1.165, 1.54) is 12.8 Å². The first-order valence-corrected chi connectivity index (χ1v) is 6.43. The molecule has 0 spiro atoms. The van der Waals surface area contributed by atoms with Crippen molar-refractivity contribution < 1.29 is 9.84 Å².